The summed E-state index contributed by atoms with van der Waals surface area (Å²) in [6, 6.07) is 6.76. The smallest absolute Gasteiger partial charge is 0.225 e. The van der Waals surface area contributed by atoms with Crippen molar-refractivity contribution in [2.45, 2.75) is 40.5 Å². The van der Waals surface area contributed by atoms with Crippen LogP contribution in [-0.2, 0) is 9.53 Å². The zero-order valence-electron chi connectivity index (χ0n) is 16.7. The minimum atomic E-state index is -0.166. The molecule has 0 unspecified atom stereocenters. The second-order valence-electron chi connectivity index (χ2n) is 7.12. The molecule has 1 amide bonds. The molecule has 2 rings (SSSR count). The molecule has 28 heavy (non-hydrogen) atoms. The number of hydrogen-bond acceptors (Lipinski definition) is 4. The average Bonchev–Trinajstić information content (AvgIpc) is 2.91. The number of anilines is 1. The second kappa shape index (κ2) is 9.89. The number of hydrogen-bond donors (Lipinski definition) is 1. The lowest BCUT2D eigenvalue weighted by Gasteiger charge is -2.11. The summed E-state index contributed by atoms with van der Waals surface area (Å²) in [6.45, 7) is 12.4. The van der Waals surface area contributed by atoms with Gasteiger partial charge in [0.25, 0.3) is 0 Å². The first-order chi connectivity index (χ1) is 13.2. The maximum absolute atomic E-state index is 13.0. The van der Waals surface area contributed by atoms with Crippen molar-refractivity contribution >= 4 is 39.6 Å². The fourth-order valence-corrected chi connectivity index (χ4v) is 3.73. The summed E-state index contributed by atoms with van der Waals surface area (Å²) in [7, 11) is 0. The minimum Gasteiger partial charge on any atom is -0.498 e. The van der Waals surface area contributed by atoms with Gasteiger partial charge in [-0.2, -0.15) is 0 Å². The molecule has 1 aromatic carbocycles. The molecule has 0 aliphatic heterocycles. The largest absolute Gasteiger partial charge is 0.498 e. The van der Waals surface area contributed by atoms with Crippen LogP contribution in [0, 0.1) is 19.8 Å². The molecule has 0 aliphatic carbocycles. The van der Waals surface area contributed by atoms with Crippen molar-refractivity contribution in [3.8, 4) is 0 Å². The van der Waals surface area contributed by atoms with Gasteiger partial charge in [0.05, 0.1) is 17.9 Å². The number of thiophene rings is 1. The van der Waals surface area contributed by atoms with Gasteiger partial charge in [-0.25, -0.2) is 0 Å². The van der Waals surface area contributed by atoms with Crippen LogP contribution in [0.3, 0.4) is 0 Å². The first kappa shape index (κ1) is 22.2. The van der Waals surface area contributed by atoms with Gasteiger partial charge in [-0.05, 0) is 49.6 Å². The maximum atomic E-state index is 13.0. The Balaban J connectivity index is 2.09. The van der Waals surface area contributed by atoms with E-state index in [1.54, 1.807) is 24.3 Å². The molecule has 0 fully saturated rings. The van der Waals surface area contributed by atoms with Crippen LogP contribution >= 0.6 is 22.9 Å². The molecular weight excluding hydrogens is 394 g/mol. The number of halogens is 1. The van der Waals surface area contributed by atoms with Crippen molar-refractivity contribution in [2.24, 2.45) is 5.92 Å². The number of amides is 1. The van der Waals surface area contributed by atoms with Crippen molar-refractivity contribution in [2.75, 3.05) is 11.9 Å². The Morgan fingerprint density at radius 2 is 1.82 bits per heavy atom. The number of aryl methyl sites for hydroxylation is 1. The van der Waals surface area contributed by atoms with E-state index in [0.29, 0.717) is 45.9 Å². The Morgan fingerprint density at radius 3 is 2.43 bits per heavy atom. The van der Waals surface area contributed by atoms with Crippen LogP contribution in [0.2, 0.25) is 5.02 Å². The molecule has 0 saturated heterocycles. The molecule has 0 saturated carbocycles. The summed E-state index contributed by atoms with van der Waals surface area (Å²) in [6.07, 6.45) is 0.698. The average molecular weight is 420 g/mol. The van der Waals surface area contributed by atoms with Gasteiger partial charge in [-0.1, -0.05) is 32.0 Å². The van der Waals surface area contributed by atoms with Crippen molar-refractivity contribution in [3.05, 3.63) is 63.2 Å². The Morgan fingerprint density at radius 1 is 1.18 bits per heavy atom. The molecule has 0 radical (unpaired) electrons. The number of carbonyl (C=O) groups is 2. The lowest BCUT2D eigenvalue weighted by molar-refractivity contribution is -0.116. The summed E-state index contributed by atoms with van der Waals surface area (Å²) in [4.78, 5) is 26.4. The summed E-state index contributed by atoms with van der Waals surface area (Å²) in [5.41, 5.74) is 1.95. The van der Waals surface area contributed by atoms with E-state index in [0.717, 1.165) is 10.4 Å². The van der Waals surface area contributed by atoms with Crippen LogP contribution in [0.5, 0.6) is 0 Å². The molecule has 1 N–H and O–H groups in total. The van der Waals surface area contributed by atoms with Gasteiger partial charge < -0.3 is 10.1 Å². The Hall–Kier alpha value is -2.11. The van der Waals surface area contributed by atoms with Crippen LogP contribution in [0.4, 0.5) is 5.00 Å². The van der Waals surface area contributed by atoms with Crippen LogP contribution in [0.1, 0.15) is 53.1 Å². The quantitative estimate of drug-likeness (QED) is 0.391. The predicted octanol–water partition coefficient (Wildman–Crippen LogP) is 6.15. The molecule has 1 aromatic heterocycles. The van der Waals surface area contributed by atoms with E-state index in [1.807, 2.05) is 13.8 Å². The number of allylic oxidation sites excluding steroid dienone is 1. The van der Waals surface area contributed by atoms with Gasteiger partial charge in [-0.3, -0.25) is 9.59 Å². The van der Waals surface area contributed by atoms with E-state index in [-0.39, 0.29) is 18.1 Å². The molecule has 4 nitrogen and oxygen atoms in total. The van der Waals surface area contributed by atoms with Crippen LogP contribution in [0.25, 0.3) is 0 Å². The van der Waals surface area contributed by atoms with E-state index in [1.165, 1.54) is 11.3 Å². The standard InChI is InChI=1S/C22H26ClNO3S/c1-13(2)12-27-14(3)6-11-19(25)24-22-20(15(4)16(5)28-22)21(26)17-7-9-18(23)10-8-17/h7-10,13H,3,6,11-12H2,1-2,4-5H3,(H,24,25). The Labute approximate surface area is 175 Å². The highest BCUT2D eigenvalue weighted by molar-refractivity contribution is 7.16. The van der Waals surface area contributed by atoms with Crippen LogP contribution in [-0.4, -0.2) is 18.3 Å². The van der Waals surface area contributed by atoms with Crippen molar-refractivity contribution in [1.29, 1.82) is 0 Å². The lowest BCUT2D eigenvalue weighted by Crippen LogP contribution is -2.14. The van der Waals surface area contributed by atoms with Gasteiger partial charge in [-0.15, -0.1) is 11.3 Å². The van der Waals surface area contributed by atoms with Gasteiger partial charge in [0.1, 0.15) is 5.00 Å². The zero-order chi connectivity index (χ0) is 20.8. The normalized spacial score (nSPS) is 10.8. The van der Waals surface area contributed by atoms with Crippen molar-refractivity contribution in [1.82, 2.24) is 0 Å². The second-order valence-corrected chi connectivity index (χ2v) is 8.78. The summed E-state index contributed by atoms with van der Waals surface area (Å²) < 4.78 is 5.52. The summed E-state index contributed by atoms with van der Waals surface area (Å²) in [5, 5.41) is 4.04. The minimum absolute atomic E-state index is 0.126. The lowest BCUT2D eigenvalue weighted by atomic mass is 10.0. The van der Waals surface area contributed by atoms with Crippen molar-refractivity contribution in [3.63, 3.8) is 0 Å². The molecule has 0 atom stereocenters. The molecule has 2 aromatic rings. The molecule has 1 heterocycles. The monoisotopic (exact) mass is 419 g/mol. The third kappa shape index (κ3) is 5.94. The molecular formula is C22H26ClNO3S. The number of rotatable bonds is 9. The molecule has 0 spiro atoms. The third-order valence-corrected chi connectivity index (χ3v) is 5.60. The summed E-state index contributed by atoms with van der Waals surface area (Å²) >= 11 is 7.33. The number of ketones is 1. The van der Waals surface area contributed by atoms with E-state index < -0.39 is 0 Å². The van der Waals surface area contributed by atoms with Crippen LogP contribution < -0.4 is 5.32 Å². The van der Waals surface area contributed by atoms with E-state index in [9.17, 15) is 9.59 Å². The Kier molecular flexibility index (Phi) is 7.84. The van der Waals surface area contributed by atoms with Gasteiger partial charge in [0.2, 0.25) is 5.91 Å². The number of carbonyl (C=O) groups excluding carboxylic acids is 2. The fraction of sp³-hybridized carbons (Fsp3) is 0.364. The predicted molar refractivity (Wildman–Crippen MR) is 116 cm³/mol. The van der Waals surface area contributed by atoms with Gasteiger partial charge in [0.15, 0.2) is 5.78 Å². The molecule has 0 aliphatic rings. The number of nitrogens with one attached hydrogen (secondary N) is 1. The third-order valence-electron chi connectivity index (χ3n) is 4.22. The zero-order valence-corrected chi connectivity index (χ0v) is 18.3. The summed E-state index contributed by atoms with van der Waals surface area (Å²) in [5.74, 6) is 0.711. The highest BCUT2D eigenvalue weighted by Crippen LogP contribution is 2.34. The topological polar surface area (TPSA) is 55.4 Å². The van der Waals surface area contributed by atoms with E-state index in [4.69, 9.17) is 16.3 Å². The van der Waals surface area contributed by atoms with E-state index in [2.05, 4.69) is 25.7 Å². The molecule has 6 heteroatoms. The first-order valence-electron chi connectivity index (χ1n) is 9.19. The SMILES string of the molecule is C=C(CCC(=O)Nc1sc(C)c(C)c1C(=O)c1ccc(Cl)cc1)OCC(C)C. The van der Waals surface area contributed by atoms with Crippen molar-refractivity contribution < 1.29 is 14.3 Å². The number of benzene rings is 1. The highest BCUT2D eigenvalue weighted by atomic mass is 35.5. The molecule has 0 bridgehead atoms. The van der Waals surface area contributed by atoms with Gasteiger partial charge in [0, 0.05) is 28.3 Å². The van der Waals surface area contributed by atoms with Crippen LogP contribution in [0.15, 0.2) is 36.6 Å². The Bertz CT molecular complexity index is 869. The first-order valence-corrected chi connectivity index (χ1v) is 10.4. The molecule has 150 valence electrons. The van der Waals surface area contributed by atoms with E-state index >= 15 is 0 Å². The van der Waals surface area contributed by atoms with Gasteiger partial charge >= 0.3 is 0 Å². The maximum Gasteiger partial charge on any atom is 0.225 e. The fourth-order valence-electron chi connectivity index (χ4n) is 2.53. The highest BCUT2D eigenvalue weighted by Gasteiger charge is 2.22. The number of ether oxygens (including phenoxy) is 1.